The lowest BCUT2D eigenvalue weighted by atomic mass is 10.2. The fourth-order valence-electron chi connectivity index (χ4n) is 1.84. The van der Waals surface area contributed by atoms with Gasteiger partial charge in [-0.15, -0.1) is 11.3 Å². The van der Waals surface area contributed by atoms with Gasteiger partial charge in [0, 0.05) is 5.69 Å². The van der Waals surface area contributed by atoms with E-state index in [0.717, 1.165) is 10.2 Å². The average Bonchev–Trinajstić information content (AvgIpc) is 2.97. The fraction of sp³-hybridized carbons (Fsp3) is 0. The van der Waals surface area contributed by atoms with Crippen LogP contribution in [0.15, 0.2) is 29.6 Å². The Balaban J connectivity index is 2.05. The maximum atomic E-state index is 13.3. The number of fused-ring (bicyclic) bond motifs is 1. The first kappa shape index (κ1) is 13.2. The second-order valence-corrected chi connectivity index (χ2v) is 5.01. The predicted molar refractivity (Wildman–Crippen MR) is 79.6 cm³/mol. The van der Waals surface area contributed by atoms with E-state index < -0.39 is 5.82 Å². The third-order valence-corrected chi connectivity index (χ3v) is 3.61. The molecule has 4 N–H and O–H groups in total. The SMILES string of the molecule is N#Cc1cc(Nc2nc(NN)nc3sccc23)ccc1F. The maximum Gasteiger partial charge on any atom is 0.240 e. The number of nitrogens with two attached hydrogens (primary N) is 1. The summed E-state index contributed by atoms with van der Waals surface area (Å²) in [6.45, 7) is 0. The van der Waals surface area contributed by atoms with Gasteiger partial charge in [-0.05, 0) is 29.6 Å². The minimum atomic E-state index is -0.560. The van der Waals surface area contributed by atoms with Crippen LogP contribution in [0.2, 0.25) is 0 Å². The Morgan fingerprint density at radius 1 is 1.29 bits per heavy atom. The number of anilines is 3. The van der Waals surface area contributed by atoms with Crippen molar-refractivity contribution in [1.82, 2.24) is 9.97 Å². The van der Waals surface area contributed by atoms with Gasteiger partial charge in [-0.25, -0.2) is 15.2 Å². The molecule has 0 spiro atoms. The van der Waals surface area contributed by atoms with Crippen LogP contribution in [0.5, 0.6) is 0 Å². The molecule has 6 nitrogen and oxygen atoms in total. The number of rotatable bonds is 3. The van der Waals surface area contributed by atoms with E-state index in [1.807, 2.05) is 11.4 Å². The zero-order valence-electron chi connectivity index (χ0n) is 10.6. The van der Waals surface area contributed by atoms with Crippen LogP contribution in [0.3, 0.4) is 0 Å². The number of nitriles is 1. The zero-order valence-corrected chi connectivity index (χ0v) is 11.4. The molecule has 0 amide bonds. The van der Waals surface area contributed by atoms with Gasteiger partial charge in [-0.2, -0.15) is 10.2 Å². The van der Waals surface area contributed by atoms with Crippen molar-refractivity contribution < 1.29 is 4.39 Å². The van der Waals surface area contributed by atoms with Crippen molar-refractivity contribution in [3.8, 4) is 6.07 Å². The minimum absolute atomic E-state index is 0.0345. The van der Waals surface area contributed by atoms with E-state index in [1.54, 1.807) is 6.07 Å². The zero-order chi connectivity index (χ0) is 14.8. The lowest BCUT2D eigenvalue weighted by Gasteiger charge is -2.09. The Morgan fingerprint density at radius 2 is 2.14 bits per heavy atom. The number of aromatic nitrogens is 2. The number of halogens is 1. The molecule has 104 valence electrons. The molecule has 0 fully saturated rings. The first-order chi connectivity index (χ1) is 10.2. The fourth-order valence-corrected chi connectivity index (χ4v) is 2.60. The highest BCUT2D eigenvalue weighted by Crippen LogP contribution is 2.29. The van der Waals surface area contributed by atoms with Crippen LogP contribution in [0.4, 0.5) is 21.8 Å². The summed E-state index contributed by atoms with van der Waals surface area (Å²) in [4.78, 5) is 9.23. The number of hydrogen-bond donors (Lipinski definition) is 3. The molecule has 0 saturated carbocycles. The number of nitrogens with zero attached hydrogens (tertiary/aromatic N) is 3. The van der Waals surface area contributed by atoms with Crippen molar-refractivity contribution in [2.24, 2.45) is 5.84 Å². The maximum absolute atomic E-state index is 13.3. The number of thiophene rings is 1. The van der Waals surface area contributed by atoms with Crippen LogP contribution in [-0.4, -0.2) is 9.97 Å². The Bertz CT molecular complexity index is 853. The van der Waals surface area contributed by atoms with Gasteiger partial charge in [-0.1, -0.05) is 0 Å². The first-order valence-corrected chi connectivity index (χ1v) is 6.78. The Morgan fingerprint density at radius 3 is 2.90 bits per heavy atom. The summed E-state index contributed by atoms with van der Waals surface area (Å²) in [6, 6.07) is 7.86. The van der Waals surface area contributed by atoms with Crippen molar-refractivity contribution in [1.29, 1.82) is 5.26 Å². The number of nitrogens with one attached hydrogen (secondary N) is 2. The molecule has 0 unspecified atom stereocenters. The third-order valence-electron chi connectivity index (χ3n) is 2.80. The smallest absolute Gasteiger partial charge is 0.240 e. The molecule has 1 aromatic carbocycles. The summed E-state index contributed by atoms with van der Waals surface area (Å²) in [6.07, 6.45) is 0. The molecule has 0 aliphatic carbocycles. The largest absolute Gasteiger partial charge is 0.339 e. The highest BCUT2D eigenvalue weighted by Gasteiger charge is 2.10. The molecule has 3 rings (SSSR count). The van der Waals surface area contributed by atoms with E-state index >= 15 is 0 Å². The Labute approximate surface area is 123 Å². The number of hydrogen-bond acceptors (Lipinski definition) is 7. The summed E-state index contributed by atoms with van der Waals surface area (Å²) in [5.41, 5.74) is 2.92. The van der Waals surface area contributed by atoms with Crippen LogP contribution < -0.4 is 16.6 Å². The predicted octanol–water partition coefficient (Wildman–Crippen LogP) is 2.73. The van der Waals surface area contributed by atoms with Crippen molar-refractivity contribution in [2.75, 3.05) is 10.7 Å². The first-order valence-electron chi connectivity index (χ1n) is 5.90. The highest BCUT2D eigenvalue weighted by molar-refractivity contribution is 7.16. The topological polar surface area (TPSA) is 99.7 Å². The lowest BCUT2D eigenvalue weighted by Crippen LogP contribution is -2.11. The standard InChI is InChI=1S/C13H9FN6S/c14-10-2-1-8(5-7(10)6-15)17-11-9-3-4-21-12(9)19-13(18-11)20-16/h1-5H,16H2,(H2,17,18,19,20). The van der Waals surface area contributed by atoms with Crippen LogP contribution in [0, 0.1) is 17.1 Å². The summed E-state index contributed by atoms with van der Waals surface area (Å²) in [5, 5.41) is 14.6. The normalized spacial score (nSPS) is 10.3. The Hall–Kier alpha value is -2.76. The molecule has 0 bridgehead atoms. The van der Waals surface area contributed by atoms with Gasteiger partial charge in [0.2, 0.25) is 5.95 Å². The molecule has 2 heterocycles. The molecule has 21 heavy (non-hydrogen) atoms. The van der Waals surface area contributed by atoms with Crippen LogP contribution in [-0.2, 0) is 0 Å². The highest BCUT2D eigenvalue weighted by atomic mass is 32.1. The van der Waals surface area contributed by atoms with Gasteiger partial charge >= 0.3 is 0 Å². The molecular weight excluding hydrogens is 291 g/mol. The van der Waals surface area contributed by atoms with Crippen molar-refractivity contribution >= 4 is 39.0 Å². The lowest BCUT2D eigenvalue weighted by molar-refractivity contribution is 0.624. The van der Waals surface area contributed by atoms with Gasteiger partial charge in [0.1, 0.15) is 22.5 Å². The van der Waals surface area contributed by atoms with Crippen molar-refractivity contribution in [2.45, 2.75) is 0 Å². The molecule has 0 radical (unpaired) electrons. The molecule has 8 heteroatoms. The second kappa shape index (κ2) is 5.32. The van der Waals surface area contributed by atoms with Crippen LogP contribution >= 0.6 is 11.3 Å². The summed E-state index contributed by atoms with van der Waals surface area (Å²) >= 11 is 1.45. The summed E-state index contributed by atoms with van der Waals surface area (Å²) < 4.78 is 13.3. The van der Waals surface area contributed by atoms with Gasteiger partial charge in [-0.3, -0.25) is 5.43 Å². The van der Waals surface area contributed by atoms with Crippen molar-refractivity contribution in [3.05, 3.63) is 41.0 Å². The molecule has 3 aromatic rings. The van der Waals surface area contributed by atoms with Crippen LogP contribution in [0.25, 0.3) is 10.2 Å². The van der Waals surface area contributed by atoms with Gasteiger partial charge in [0.25, 0.3) is 0 Å². The van der Waals surface area contributed by atoms with Gasteiger partial charge in [0.15, 0.2) is 0 Å². The van der Waals surface area contributed by atoms with E-state index in [1.165, 1.54) is 29.5 Å². The summed E-state index contributed by atoms with van der Waals surface area (Å²) in [5.74, 6) is 5.59. The van der Waals surface area contributed by atoms with E-state index in [4.69, 9.17) is 11.1 Å². The quantitative estimate of drug-likeness (QED) is 0.508. The molecule has 0 aliphatic rings. The minimum Gasteiger partial charge on any atom is -0.339 e. The Kier molecular flexibility index (Phi) is 3.35. The molecular formula is C13H9FN6S. The van der Waals surface area contributed by atoms with Gasteiger partial charge < -0.3 is 5.32 Å². The third kappa shape index (κ3) is 2.47. The average molecular weight is 300 g/mol. The molecule has 0 saturated heterocycles. The van der Waals surface area contributed by atoms with E-state index in [-0.39, 0.29) is 11.5 Å². The van der Waals surface area contributed by atoms with Gasteiger partial charge in [0.05, 0.1) is 10.9 Å². The second-order valence-electron chi connectivity index (χ2n) is 4.11. The van der Waals surface area contributed by atoms with Crippen molar-refractivity contribution in [3.63, 3.8) is 0 Å². The van der Waals surface area contributed by atoms with E-state index in [2.05, 4.69) is 20.7 Å². The molecule has 0 atom stereocenters. The summed E-state index contributed by atoms with van der Waals surface area (Å²) in [7, 11) is 0. The molecule has 0 aliphatic heterocycles. The number of nitrogen functional groups attached to an aromatic ring is 1. The molecule has 2 aromatic heterocycles. The van der Waals surface area contributed by atoms with E-state index in [0.29, 0.717) is 11.5 Å². The number of benzene rings is 1. The number of hydrazine groups is 1. The monoisotopic (exact) mass is 300 g/mol. The van der Waals surface area contributed by atoms with E-state index in [9.17, 15) is 4.39 Å². The van der Waals surface area contributed by atoms with Crippen LogP contribution in [0.1, 0.15) is 5.56 Å².